The Kier molecular flexibility index (Phi) is 5.94. The molecule has 0 radical (unpaired) electrons. The zero-order chi connectivity index (χ0) is 16.9. The second kappa shape index (κ2) is 7.73. The highest BCUT2D eigenvalue weighted by Crippen LogP contribution is 2.28. The number of rotatable bonds is 6. The number of carbonyl (C=O) groups excluding carboxylic acids is 1. The monoisotopic (exact) mass is 344 g/mol. The number of nitrogens with zero attached hydrogens (tertiary/aromatic N) is 1. The number of hydrogen-bond acceptors (Lipinski definition) is 6. The molecule has 0 aromatic heterocycles. The number of hydrogen-bond donors (Lipinski definition) is 2. The molecule has 0 spiro atoms. The lowest BCUT2D eigenvalue weighted by Crippen LogP contribution is -2.40. The van der Waals surface area contributed by atoms with Crippen LogP contribution in [-0.2, 0) is 14.8 Å². The number of morpholine rings is 1. The molecule has 23 heavy (non-hydrogen) atoms. The smallest absolute Gasteiger partial charge is 0.251 e. The lowest BCUT2D eigenvalue weighted by atomic mass is 10.2. The molecule has 1 fully saturated rings. The maximum absolute atomic E-state index is 12.8. The molecule has 0 saturated carbocycles. The molecule has 8 nitrogen and oxygen atoms in total. The highest BCUT2D eigenvalue weighted by Gasteiger charge is 2.30. The standard InChI is InChI=1S/C14H20N2O6S/c1-21-12-3-2-11(14(18)15-4-7-17)10-13(12)23(19,20)16-5-8-22-9-6-16/h2-3,10,17H,4-9H2,1H3,(H,15,18). The summed E-state index contributed by atoms with van der Waals surface area (Å²) >= 11 is 0. The lowest BCUT2D eigenvalue weighted by molar-refractivity contribution is 0.0729. The molecule has 2 rings (SSSR count). The van der Waals surface area contributed by atoms with E-state index >= 15 is 0 Å². The molecule has 0 bridgehead atoms. The average Bonchev–Trinajstić information content (AvgIpc) is 2.59. The first kappa shape index (κ1) is 17.7. The summed E-state index contributed by atoms with van der Waals surface area (Å²) < 4.78 is 37.2. The van der Waals surface area contributed by atoms with E-state index in [1.807, 2.05) is 0 Å². The molecule has 1 aliphatic heterocycles. The Morgan fingerprint density at radius 3 is 2.70 bits per heavy atom. The van der Waals surface area contributed by atoms with E-state index in [9.17, 15) is 13.2 Å². The van der Waals surface area contributed by atoms with Crippen LogP contribution >= 0.6 is 0 Å². The second-order valence-corrected chi connectivity index (χ2v) is 6.77. The molecule has 2 N–H and O–H groups in total. The van der Waals surface area contributed by atoms with Gasteiger partial charge in [-0.25, -0.2) is 8.42 Å². The van der Waals surface area contributed by atoms with Crippen LogP contribution in [0.25, 0.3) is 0 Å². The Morgan fingerprint density at radius 1 is 1.39 bits per heavy atom. The fourth-order valence-electron chi connectivity index (χ4n) is 2.22. The van der Waals surface area contributed by atoms with Crippen LogP contribution in [0.15, 0.2) is 23.1 Å². The van der Waals surface area contributed by atoms with Crippen LogP contribution in [0.5, 0.6) is 5.75 Å². The maximum atomic E-state index is 12.8. The van der Waals surface area contributed by atoms with Crippen LogP contribution in [0.4, 0.5) is 0 Å². The van der Waals surface area contributed by atoms with Gasteiger partial charge in [-0.3, -0.25) is 4.79 Å². The molecule has 1 aliphatic rings. The molecule has 1 amide bonds. The first-order chi connectivity index (χ1) is 11.0. The van der Waals surface area contributed by atoms with E-state index in [4.69, 9.17) is 14.6 Å². The van der Waals surface area contributed by atoms with E-state index in [1.165, 1.54) is 29.6 Å². The SMILES string of the molecule is COc1ccc(C(=O)NCCO)cc1S(=O)(=O)N1CCOCC1. The topological polar surface area (TPSA) is 105 Å². The fourth-order valence-corrected chi connectivity index (χ4v) is 3.81. The Hall–Kier alpha value is -1.68. The van der Waals surface area contributed by atoms with Gasteiger partial charge in [0, 0.05) is 25.2 Å². The summed E-state index contributed by atoms with van der Waals surface area (Å²) in [6.07, 6.45) is 0. The number of aliphatic hydroxyl groups excluding tert-OH is 1. The average molecular weight is 344 g/mol. The molecule has 128 valence electrons. The van der Waals surface area contributed by atoms with Crippen LogP contribution in [0.2, 0.25) is 0 Å². The minimum Gasteiger partial charge on any atom is -0.495 e. The molecule has 1 aromatic carbocycles. The van der Waals surface area contributed by atoms with Crippen LogP contribution < -0.4 is 10.1 Å². The van der Waals surface area contributed by atoms with Gasteiger partial charge in [-0.2, -0.15) is 4.31 Å². The van der Waals surface area contributed by atoms with Crippen molar-refractivity contribution >= 4 is 15.9 Å². The number of amides is 1. The van der Waals surface area contributed by atoms with Crippen molar-refractivity contribution in [3.05, 3.63) is 23.8 Å². The number of methoxy groups -OCH3 is 1. The summed E-state index contributed by atoms with van der Waals surface area (Å²) in [6, 6.07) is 4.21. The van der Waals surface area contributed by atoms with Gasteiger partial charge in [-0.1, -0.05) is 0 Å². The Morgan fingerprint density at radius 2 is 2.09 bits per heavy atom. The molecular weight excluding hydrogens is 324 g/mol. The van der Waals surface area contributed by atoms with Gasteiger partial charge in [0.1, 0.15) is 10.6 Å². The van der Waals surface area contributed by atoms with E-state index in [2.05, 4.69) is 5.32 Å². The maximum Gasteiger partial charge on any atom is 0.251 e. The van der Waals surface area contributed by atoms with E-state index < -0.39 is 15.9 Å². The summed E-state index contributed by atoms with van der Waals surface area (Å²) in [4.78, 5) is 11.9. The number of aliphatic hydroxyl groups is 1. The van der Waals surface area contributed by atoms with Crippen LogP contribution in [-0.4, -0.2) is 70.3 Å². The third kappa shape index (κ3) is 3.99. The van der Waals surface area contributed by atoms with Crippen molar-refractivity contribution in [1.82, 2.24) is 9.62 Å². The second-order valence-electron chi connectivity index (χ2n) is 4.86. The zero-order valence-electron chi connectivity index (χ0n) is 12.8. The van der Waals surface area contributed by atoms with Crippen LogP contribution in [0, 0.1) is 0 Å². The van der Waals surface area contributed by atoms with E-state index in [0.717, 1.165) is 0 Å². The van der Waals surface area contributed by atoms with Gasteiger partial charge < -0.3 is 19.9 Å². The highest BCUT2D eigenvalue weighted by molar-refractivity contribution is 7.89. The minimum absolute atomic E-state index is 0.0569. The van der Waals surface area contributed by atoms with Crippen molar-refractivity contribution < 1.29 is 27.8 Å². The molecule has 0 atom stereocenters. The minimum atomic E-state index is -3.78. The third-order valence-electron chi connectivity index (χ3n) is 3.41. The van der Waals surface area contributed by atoms with Crippen molar-refractivity contribution in [1.29, 1.82) is 0 Å². The lowest BCUT2D eigenvalue weighted by Gasteiger charge is -2.26. The Bertz CT molecular complexity index is 655. The molecule has 0 aliphatic carbocycles. The van der Waals surface area contributed by atoms with Crippen molar-refractivity contribution in [2.75, 3.05) is 46.6 Å². The fraction of sp³-hybridized carbons (Fsp3) is 0.500. The number of nitrogens with one attached hydrogen (secondary N) is 1. The number of ether oxygens (including phenoxy) is 2. The number of sulfonamides is 1. The first-order valence-corrected chi connectivity index (χ1v) is 8.59. The summed E-state index contributed by atoms with van der Waals surface area (Å²) in [7, 11) is -2.41. The quantitative estimate of drug-likeness (QED) is 0.717. The predicted octanol–water partition coefficient (Wildman–Crippen LogP) is -0.562. The normalized spacial score (nSPS) is 16.1. The molecule has 1 saturated heterocycles. The van der Waals surface area contributed by atoms with Crippen molar-refractivity contribution in [2.45, 2.75) is 4.90 Å². The van der Waals surface area contributed by atoms with Gasteiger partial charge in [0.05, 0.1) is 26.9 Å². The Balaban J connectivity index is 2.36. The zero-order valence-corrected chi connectivity index (χ0v) is 13.6. The predicted molar refractivity (Wildman–Crippen MR) is 82.0 cm³/mol. The molecule has 1 aromatic rings. The van der Waals surface area contributed by atoms with Gasteiger partial charge in [0.25, 0.3) is 5.91 Å². The summed E-state index contributed by atoms with van der Waals surface area (Å²) in [5.74, 6) is -0.282. The van der Waals surface area contributed by atoms with Gasteiger partial charge in [-0.05, 0) is 18.2 Å². The van der Waals surface area contributed by atoms with Gasteiger partial charge in [-0.15, -0.1) is 0 Å². The van der Waals surface area contributed by atoms with Gasteiger partial charge in [0.15, 0.2) is 0 Å². The molecule has 1 heterocycles. The number of carbonyl (C=O) groups is 1. The van der Waals surface area contributed by atoms with Crippen LogP contribution in [0.1, 0.15) is 10.4 Å². The number of benzene rings is 1. The van der Waals surface area contributed by atoms with E-state index in [-0.39, 0.29) is 42.4 Å². The summed E-state index contributed by atoms with van der Waals surface area (Å²) in [6.45, 7) is 1.08. The molecular formula is C14H20N2O6S. The first-order valence-electron chi connectivity index (χ1n) is 7.15. The largest absolute Gasteiger partial charge is 0.495 e. The van der Waals surface area contributed by atoms with Gasteiger partial charge >= 0.3 is 0 Å². The van der Waals surface area contributed by atoms with Crippen molar-refractivity contribution in [3.8, 4) is 5.75 Å². The third-order valence-corrected chi connectivity index (χ3v) is 5.33. The van der Waals surface area contributed by atoms with Crippen molar-refractivity contribution in [3.63, 3.8) is 0 Å². The van der Waals surface area contributed by atoms with Crippen molar-refractivity contribution in [2.24, 2.45) is 0 Å². The highest BCUT2D eigenvalue weighted by atomic mass is 32.2. The summed E-state index contributed by atoms with van der Waals surface area (Å²) in [5.41, 5.74) is 0.186. The Labute approximate surface area is 135 Å². The summed E-state index contributed by atoms with van der Waals surface area (Å²) in [5, 5.41) is 11.2. The van der Waals surface area contributed by atoms with E-state index in [0.29, 0.717) is 13.2 Å². The molecule has 9 heteroatoms. The molecule has 0 unspecified atom stereocenters. The van der Waals surface area contributed by atoms with Gasteiger partial charge in [0.2, 0.25) is 10.0 Å². The van der Waals surface area contributed by atoms with E-state index in [1.54, 1.807) is 0 Å². The van der Waals surface area contributed by atoms with Crippen LogP contribution in [0.3, 0.4) is 0 Å².